The van der Waals surface area contributed by atoms with Gasteiger partial charge in [-0.2, -0.15) is 0 Å². The number of hydrogen-bond acceptors (Lipinski definition) is 3. The van der Waals surface area contributed by atoms with Gasteiger partial charge in [0.25, 0.3) is 0 Å². The van der Waals surface area contributed by atoms with E-state index in [1.54, 1.807) is 7.11 Å². The summed E-state index contributed by atoms with van der Waals surface area (Å²) in [7, 11) is 1.84. The Bertz CT molecular complexity index is 380. The van der Waals surface area contributed by atoms with Gasteiger partial charge in [-0.15, -0.1) is 5.10 Å². The smallest absolute Gasteiger partial charge is 0.232 e. The summed E-state index contributed by atoms with van der Waals surface area (Å²) < 4.78 is 13.1. The molecule has 0 aliphatic heterocycles. The molecule has 0 fully saturated rings. The zero-order valence-electron chi connectivity index (χ0n) is 12.0. The normalized spacial score (nSPS) is 12.9. The highest BCUT2D eigenvalue weighted by Crippen LogP contribution is 2.37. The molecule has 0 aromatic carbocycles. The van der Waals surface area contributed by atoms with Crippen molar-refractivity contribution in [2.75, 3.05) is 7.11 Å². The first kappa shape index (κ1) is 14.2. The molecule has 98 valence electrons. The maximum atomic E-state index is 6.14. The van der Waals surface area contributed by atoms with Crippen LogP contribution in [0.5, 0.6) is 5.88 Å². The first-order chi connectivity index (χ1) is 7.67. The molecule has 4 nitrogen and oxygen atoms in total. The lowest BCUT2D eigenvalue weighted by Gasteiger charge is -2.36. The van der Waals surface area contributed by atoms with E-state index in [-0.39, 0.29) is 5.04 Å². The van der Waals surface area contributed by atoms with Crippen molar-refractivity contribution in [1.82, 2.24) is 9.78 Å². The summed E-state index contributed by atoms with van der Waals surface area (Å²) in [5.41, 5.74) is 1.05. The molecule has 5 heteroatoms. The van der Waals surface area contributed by atoms with Crippen LogP contribution in [0.1, 0.15) is 26.5 Å². The molecule has 0 spiro atoms. The van der Waals surface area contributed by atoms with E-state index < -0.39 is 8.32 Å². The lowest BCUT2D eigenvalue weighted by molar-refractivity contribution is 0.266. The fourth-order valence-electron chi connectivity index (χ4n) is 1.18. The first-order valence-corrected chi connectivity index (χ1v) is 8.79. The van der Waals surface area contributed by atoms with Crippen LogP contribution in [0.2, 0.25) is 18.1 Å². The van der Waals surface area contributed by atoms with E-state index in [4.69, 9.17) is 9.16 Å². The Morgan fingerprint density at radius 2 is 1.94 bits per heavy atom. The summed E-state index contributed by atoms with van der Waals surface area (Å²) >= 11 is 0. The third-order valence-electron chi connectivity index (χ3n) is 3.55. The molecule has 0 unspecified atom stereocenters. The number of methoxy groups -OCH3 is 1. The molecule has 0 saturated heterocycles. The van der Waals surface area contributed by atoms with E-state index >= 15 is 0 Å². The minimum Gasteiger partial charge on any atom is -0.480 e. The van der Waals surface area contributed by atoms with Crippen molar-refractivity contribution in [1.29, 1.82) is 0 Å². The molecular formula is C12H24N2O2Si. The van der Waals surface area contributed by atoms with Crippen molar-refractivity contribution in [2.24, 2.45) is 7.05 Å². The number of ether oxygens (including phenoxy) is 1. The van der Waals surface area contributed by atoms with Crippen LogP contribution in [-0.2, 0) is 18.1 Å². The lowest BCUT2D eigenvalue weighted by Crippen LogP contribution is -2.40. The molecule has 0 saturated carbocycles. The molecule has 1 aromatic rings. The van der Waals surface area contributed by atoms with Crippen molar-refractivity contribution < 1.29 is 9.16 Å². The van der Waals surface area contributed by atoms with Gasteiger partial charge < -0.3 is 9.16 Å². The van der Waals surface area contributed by atoms with Crippen molar-refractivity contribution >= 4 is 8.32 Å². The van der Waals surface area contributed by atoms with Gasteiger partial charge in [0.05, 0.1) is 19.4 Å². The second kappa shape index (κ2) is 4.82. The van der Waals surface area contributed by atoms with Gasteiger partial charge in [0.2, 0.25) is 5.88 Å². The molecule has 0 atom stereocenters. The zero-order chi connectivity index (χ0) is 13.3. The highest BCUT2D eigenvalue weighted by atomic mass is 28.4. The van der Waals surface area contributed by atoms with Crippen LogP contribution in [0.3, 0.4) is 0 Å². The molecule has 0 N–H and O–H groups in total. The Balaban J connectivity index is 2.70. The number of nitrogens with zero attached hydrogens (tertiary/aromatic N) is 2. The van der Waals surface area contributed by atoms with Gasteiger partial charge in [-0.25, -0.2) is 0 Å². The Kier molecular flexibility index (Phi) is 4.04. The topological polar surface area (TPSA) is 36.3 Å². The molecule has 0 amide bonds. The standard InChI is InChI=1S/C12H24N2O2Si/c1-12(2,3)17(6,7)16-9-10-8-11(15-5)13-14(10)4/h8H,9H2,1-7H3. The molecule has 1 rings (SSSR count). The maximum absolute atomic E-state index is 6.14. The average molecular weight is 256 g/mol. The summed E-state index contributed by atoms with van der Waals surface area (Å²) in [5.74, 6) is 0.640. The van der Waals surface area contributed by atoms with Gasteiger partial charge in [-0.1, -0.05) is 20.8 Å². The third-order valence-corrected chi connectivity index (χ3v) is 8.03. The summed E-state index contributed by atoms with van der Waals surface area (Å²) in [6.45, 7) is 11.8. The average Bonchev–Trinajstić information content (AvgIpc) is 2.55. The van der Waals surface area contributed by atoms with Gasteiger partial charge in [-0.3, -0.25) is 4.68 Å². The molecule has 0 aliphatic rings. The molecule has 1 aromatic heterocycles. The van der Waals surface area contributed by atoms with Crippen molar-refractivity contribution in [3.8, 4) is 5.88 Å². The van der Waals surface area contributed by atoms with Gasteiger partial charge in [-0.05, 0) is 18.1 Å². The lowest BCUT2D eigenvalue weighted by atomic mass is 10.2. The van der Waals surface area contributed by atoms with Crippen molar-refractivity contribution in [3.05, 3.63) is 11.8 Å². The third kappa shape index (κ3) is 3.32. The van der Waals surface area contributed by atoms with Crippen LogP contribution in [0.15, 0.2) is 6.07 Å². The van der Waals surface area contributed by atoms with E-state index in [1.165, 1.54) is 0 Å². The van der Waals surface area contributed by atoms with E-state index in [0.29, 0.717) is 12.5 Å². The van der Waals surface area contributed by atoms with Gasteiger partial charge in [0.1, 0.15) is 0 Å². The number of rotatable bonds is 4. The van der Waals surface area contributed by atoms with E-state index in [2.05, 4.69) is 39.0 Å². The van der Waals surface area contributed by atoms with Crippen LogP contribution in [-0.4, -0.2) is 25.2 Å². The molecule has 0 radical (unpaired) electrons. The van der Waals surface area contributed by atoms with Crippen molar-refractivity contribution in [2.45, 2.75) is 45.5 Å². The molecular weight excluding hydrogens is 232 g/mol. The van der Waals surface area contributed by atoms with Crippen LogP contribution < -0.4 is 4.74 Å². The molecule has 17 heavy (non-hydrogen) atoms. The van der Waals surface area contributed by atoms with Gasteiger partial charge in [0.15, 0.2) is 8.32 Å². The second-order valence-electron chi connectivity index (χ2n) is 5.85. The summed E-state index contributed by atoms with van der Waals surface area (Å²) in [6, 6.07) is 1.92. The minimum atomic E-state index is -1.69. The van der Waals surface area contributed by atoms with Gasteiger partial charge >= 0.3 is 0 Å². The SMILES string of the molecule is COc1cc(CO[Si](C)(C)C(C)(C)C)n(C)n1. The first-order valence-electron chi connectivity index (χ1n) is 5.88. The Morgan fingerprint density at radius 3 is 2.35 bits per heavy atom. The number of hydrogen-bond donors (Lipinski definition) is 0. The van der Waals surface area contributed by atoms with E-state index in [1.807, 2.05) is 17.8 Å². The summed E-state index contributed by atoms with van der Waals surface area (Å²) in [6.07, 6.45) is 0. The Hall–Kier alpha value is -0.813. The quantitative estimate of drug-likeness (QED) is 0.777. The Labute approximate surface area is 105 Å². The van der Waals surface area contributed by atoms with Crippen LogP contribution in [0, 0.1) is 0 Å². The predicted molar refractivity (Wildman–Crippen MR) is 71.7 cm³/mol. The summed E-state index contributed by atoms with van der Waals surface area (Å²) in [4.78, 5) is 0. The van der Waals surface area contributed by atoms with E-state index in [0.717, 1.165) is 5.69 Å². The zero-order valence-corrected chi connectivity index (χ0v) is 13.0. The van der Waals surface area contributed by atoms with E-state index in [9.17, 15) is 0 Å². The monoisotopic (exact) mass is 256 g/mol. The highest BCUT2D eigenvalue weighted by Gasteiger charge is 2.37. The minimum absolute atomic E-state index is 0.232. The second-order valence-corrected chi connectivity index (χ2v) is 10.7. The molecule has 0 aliphatic carbocycles. The van der Waals surface area contributed by atoms with Crippen LogP contribution in [0.4, 0.5) is 0 Å². The fourth-order valence-corrected chi connectivity index (χ4v) is 2.12. The Morgan fingerprint density at radius 1 is 1.35 bits per heavy atom. The number of aryl methyl sites for hydroxylation is 1. The molecule has 1 heterocycles. The largest absolute Gasteiger partial charge is 0.480 e. The van der Waals surface area contributed by atoms with Crippen molar-refractivity contribution in [3.63, 3.8) is 0 Å². The molecule has 0 bridgehead atoms. The predicted octanol–water partition coefficient (Wildman–Crippen LogP) is 2.95. The van der Waals surface area contributed by atoms with Gasteiger partial charge in [0, 0.05) is 13.1 Å². The highest BCUT2D eigenvalue weighted by molar-refractivity contribution is 6.74. The van der Waals surface area contributed by atoms with Crippen LogP contribution >= 0.6 is 0 Å². The summed E-state index contributed by atoms with van der Waals surface area (Å²) in [5, 5.41) is 4.45. The fraction of sp³-hybridized carbons (Fsp3) is 0.750. The maximum Gasteiger partial charge on any atom is 0.232 e. The van der Waals surface area contributed by atoms with Crippen LogP contribution in [0.25, 0.3) is 0 Å². The number of aromatic nitrogens is 2.